The lowest BCUT2D eigenvalue weighted by atomic mass is 9.90. The van der Waals surface area contributed by atoms with Gasteiger partial charge < -0.3 is 0 Å². The van der Waals surface area contributed by atoms with Crippen molar-refractivity contribution in [2.24, 2.45) is 5.10 Å². The lowest BCUT2D eigenvalue weighted by Gasteiger charge is -2.14. The van der Waals surface area contributed by atoms with E-state index in [4.69, 9.17) is 4.98 Å². The highest BCUT2D eigenvalue weighted by Crippen LogP contribution is 2.34. The molecule has 1 aromatic heterocycles. The first-order valence-corrected chi connectivity index (χ1v) is 8.29. The van der Waals surface area contributed by atoms with Crippen molar-refractivity contribution in [3.8, 4) is 0 Å². The van der Waals surface area contributed by atoms with Crippen molar-refractivity contribution in [3.05, 3.63) is 88.5 Å². The number of hydrogen-bond donors (Lipinski definition) is 0. The molecule has 4 aromatic rings. The van der Waals surface area contributed by atoms with Gasteiger partial charge in [-0.2, -0.15) is 9.78 Å². The summed E-state index contributed by atoms with van der Waals surface area (Å²) in [4.78, 5) is 17.6. The Morgan fingerprint density at radius 2 is 1.60 bits per heavy atom. The van der Waals surface area contributed by atoms with Crippen LogP contribution in [0, 0.1) is 0 Å². The number of fused-ring (bicyclic) bond motifs is 3. The zero-order valence-electron chi connectivity index (χ0n) is 13.7. The summed E-state index contributed by atoms with van der Waals surface area (Å²) in [6, 6.07) is 22.0. The highest BCUT2D eigenvalue weighted by molar-refractivity contribution is 5.98. The first-order valence-electron chi connectivity index (χ1n) is 8.29. The van der Waals surface area contributed by atoms with Crippen LogP contribution in [0.1, 0.15) is 24.2 Å². The van der Waals surface area contributed by atoms with Gasteiger partial charge in [0.05, 0.1) is 22.5 Å². The molecule has 5 rings (SSSR count). The van der Waals surface area contributed by atoms with E-state index < -0.39 is 0 Å². The molecule has 0 saturated heterocycles. The van der Waals surface area contributed by atoms with Gasteiger partial charge in [-0.25, -0.2) is 4.98 Å². The van der Waals surface area contributed by atoms with Crippen LogP contribution in [-0.4, -0.2) is 15.4 Å². The molecule has 120 valence electrons. The van der Waals surface area contributed by atoms with Crippen molar-refractivity contribution >= 4 is 27.4 Å². The molecule has 4 heteroatoms. The smallest absolute Gasteiger partial charge is 0.267 e. The van der Waals surface area contributed by atoms with E-state index in [-0.39, 0.29) is 11.5 Å². The molecule has 0 radical (unpaired) electrons. The lowest BCUT2D eigenvalue weighted by molar-refractivity contribution is 0.775. The van der Waals surface area contributed by atoms with Crippen LogP contribution in [0.15, 0.2) is 76.6 Å². The van der Waals surface area contributed by atoms with E-state index in [9.17, 15) is 4.79 Å². The maximum absolute atomic E-state index is 12.8. The minimum atomic E-state index is -0.109. The molecular weight excluding hydrogens is 310 g/mol. The van der Waals surface area contributed by atoms with Crippen molar-refractivity contribution < 1.29 is 0 Å². The van der Waals surface area contributed by atoms with Crippen LogP contribution < -0.4 is 5.56 Å². The Balaban J connectivity index is 1.84. The number of nitrogens with zero attached hydrogens (tertiary/aromatic N) is 3. The Labute approximate surface area is 144 Å². The number of rotatable bonds is 1. The fraction of sp³-hybridized carbons (Fsp3) is 0.0952. The SMILES string of the molecule is CC1=Nn2c(nc3ccccc3c2=O)C1c1cccc2ccccc12. The third-order valence-electron chi connectivity index (χ3n) is 4.85. The maximum atomic E-state index is 12.8. The molecule has 1 aliphatic rings. The third kappa shape index (κ3) is 1.97. The molecule has 0 bridgehead atoms. The molecule has 0 amide bonds. The summed E-state index contributed by atoms with van der Waals surface area (Å²) in [5.41, 5.74) is 2.63. The fourth-order valence-electron chi connectivity index (χ4n) is 3.69. The second-order valence-electron chi connectivity index (χ2n) is 6.35. The van der Waals surface area contributed by atoms with Gasteiger partial charge in [0, 0.05) is 0 Å². The molecular formula is C21H15N3O. The van der Waals surface area contributed by atoms with E-state index in [0.29, 0.717) is 16.7 Å². The Morgan fingerprint density at radius 3 is 2.48 bits per heavy atom. The van der Waals surface area contributed by atoms with Gasteiger partial charge in [0.15, 0.2) is 0 Å². The Bertz CT molecular complexity index is 1230. The zero-order valence-corrected chi connectivity index (χ0v) is 13.7. The Kier molecular flexibility index (Phi) is 2.88. The standard InChI is InChI=1S/C21H15N3O/c1-13-19(16-11-6-8-14-7-2-3-9-15(14)16)20-22-18-12-5-4-10-17(18)21(25)24(20)23-13/h2-12,19H,1H3. The molecule has 25 heavy (non-hydrogen) atoms. The van der Waals surface area contributed by atoms with Gasteiger partial charge in [0.2, 0.25) is 0 Å². The van der Waals surface area contributed by atoms with Crippen LogP contribution in [0.3, 0.4) is 0 Å². The first kappa shape index (κ1) is 14.1. The van der Waals surface area contributed by atoms with E-state index in [0.717, 1.165) is 11.3 Å². The number of hydrogen-bond acceptors (Lipinski definition) is 3. The van der Waals surface area contributed by atoms with Crippen molar-refractivity contribution in [1.82, 2.24) is 9.66 Å². The Hall–Kier alpha value is -3.27. The van der Waals surface area contributed by atoms with Gasteiger partial charge in [-0.05, 0) is 35.4 Å². The van der Waals surface area contributed by atoms with Crippen LogP contribution in [0.4, 0.5) is 0 Å². The van der Waals surface area contributed by atoms with Crippen molar-refractivity contribution in [2.45, 2.75) is 12.8 Å². The zero-order chi connectivity index (χ0) is 17.0. The quantitative estimate of drug-likeness (QED) is 0.532. The largest absolute Gasteiger partial charge is 0.282 e. The highest BCUT2D eigenvalue weighted by Gasteiger charge is 2.30. The van der Waals surface area contributed by atoms with Gasteiger partial charge in [-0.3, -0.25) is 4.79 Å². The Morgan fingerprint density at radius 1 is 0.880 bits per heavy atom. The summed E-state index contributed by atoms with van der Waals surface area (Å²) in [7, 11) is 0. The molecule has 1 atom stereocenters. The predicted molar refractivity (Wildman–Crippen MR) is 100 cm³/mol. The maximum Gasteiger partial charge on any atom is 0.282 e. The normalized spacial score (nSPS) is 16.2. The second-order valence-corrected chi connectivity index (χ2v) is 6.35. The fourth-order valence-corrected chi connectivity index (χ4v) is 3.69. The molecule has 1 aliphatic heterocycles. The average molecular weight is 325 g/mol. The molecule has 0 N–H and O–H groups in total. The summed E-state index contributed by atoms with van der Waals surface area (Å²) in [6.07, 6.45) is 0. The molecule has 0 fully saturated rings. The van der Waals surface area contributed by atoms with E-state index in [1.54, 1.807) is 6.07 Å². The van der Waals surface area contributed by atoms with Gasteiger partial charge in [0.25, 0.3) is 5.56 Å². The highest BCUT2D eigenvalue weighted by atomic mass is 16.1. The first-order chi connectivity index (χ1) is 12.2. The summed E-state index contributed by atoms with van der Waals surface area (Å²) >= 11 is 0. The molecule has 0 spiro atoms. The predicted octanol–water partition coefficient (Wildman–Crippen LogP) is 3.92. The van der Waals surface area contributed by atoms with E-state index >= 15 is 0 Å². The third-order valence-corrected chi connectivity index (χ3v) is 4.85. The van der Waals surface area contributed by atoms with Crippen molar-refractivity contribution in [3.63, 3.8) is 0 Å². The van der Waals surface area contributed by atoms with Gasteiger partial charge in [0.1, 0.15) is 5.82 Å². The van der Waals surface area contributed by atoms with Crippen LogP contribution in [0.5, 0.6) is 0 Å². The molecule has 2 heterocycles. The second kappa shape index (κ2) is 5.11. The molecule has 3 aromatic carbocycles. The number of para-hydroxylation sites is 1. The summed E-state index contributed by atoms with van der Waals surface area (Å²) in [5, 5.41) is 7.47. The van der Waals surface area contributed by atoms with Crippen LogP contribution in [-0.2, 0) is 0 Å². The topological polar surface area (TPSA) is 47.2 Å². The van der Waals surface area contributed by atoms with E-state index in [2.05, 4.69) is 29.4 Å². The van der Waals surface area contributed by atoms with Crippen LogP contribution in [0.2, 0.25) is 0 Å². The molecule has 0 saturated carbocycles. The minimum Gasteiger partial charge on any atom is -0.267 e. The number of benzene rings is 3. The van der Waals surface area contributed by atoms with E-state index in [1.807, 2.05) is 43.3 Å². The van der Waals surface area contributed by atoms with Crippen molar-refractivity contribution in [2.75, 3.05) is 0 Å². The van der Waals surface area contributed by atoms with Crippen molar-refractivity contribution in [1.29, 1.82) is 0 Å². The molecule has 4 nitrogen and oxygen atoms in total. The van der Waals surface area contributed by atoms with E-state index in [1.165, 1.54) is 15.4 Å². The van der Waals surface area contributed by atoms with Crippen LogP contribution >= 0.6 is 0 Å². The van der Waals surface area contributed by atoms with Crippen LogP contribution in [0.25, 0.3) is 21.7 Å². The monoisotopic (exact) mass is 325 g/mol. The summed E-state index contributed by atoms with van der Waals surface area (Å²) in [5.74, 6) is 0.584. The minimum absolute atomic E-state index is 0.108. The van der Waals surface area contributed by atoms with Gasteiger partial charge in [-0.1, -0.05) is 54.6 Å². The van der Waals surface area contributed by atoms with Gasteiger partial charge in [-0.15, -0.1) is 0 Å². The van der Waals surface area contributed by atoms with Gasteiger partial charge >= 0.3 is 0 Å². The average Bonchev–Trinajstić information content (AvgIpc) is 2.98. The molecule has 0 aliphatic carbocycles. The number of aromatic nitrogens is 2. The molecule has 1 unspecified atom stereocenters. The summed E-state index contributed by atoms with van der Waals surface area (Å²) < 4.78 is 1.46. The lowest BCUT2D eigenvalue weighted by Crippen LogP contribution is -2.20. The summed E-state index contributed by atoms with van der Waals surface area (Å²) in [6.45, 7) is 1.96.